The molecule has 0 aliphatic rings. The van der Waals surface area contributed by atoms with Crippen molar-refractivity contribution in [3.8, 4) is 16.9 Å². The number of rotatable bonds is 4. The average molecular weight is 360 g/mol. The quantitative estimate of drug-likeness (QED) is 0.615. The molecule has 27 heavy (non-hydrogen) atoms. The molecule has 0 unspecified atom stereocenters. The van der Waals surface area contributed by atoms with Crippen LogP contribution in [0, 0.1) is 20.8 Å². The van der Waals surface area contributed by atoms with Crippen molar-refractivity contribution in [2.24, 2.45) is 5.73 Å². The fourth-order valence-corrected chi connectivity index (χ4v) is 3.09. The van der Waals surface area contributed by atoms with E-state index in [4.69, 9.17) is 10.7 Å². The summed E-state index contributed by atoms with van der Waals surface area (Å²) < 4.78 is 2.09. The summed E-state index contributed by atoms with van der Waals surface area (Å²) in [5, 5.41) is 0. The van der Waals surface area contributed by atoms with E-state index >= 15 is 0 Å². The Kier molecular flexibility index (Phi) is 6.40. The molecule has 0 aliphatic carbocycles. The van der Waals surface area contributed by atoms with Gasteiger partial charge in [0.15, 0.2) is 5.82 Å². The molecule has 3 heteroatoms. The highest BCUT2D eigenvalue weighted by Gasteiger charge is 2.21. The largest absolute Gasteiger partial charge is 0.396 e. The summed E-state index contributed by atoms with van der Waals surface area (Å²) in [6.45, 7) is 18.2. The smallest absolute Gasteiger partial charge is 0.161 e. The van der Waals surface area contributed by atoms with Crippen molar-refractivity contribution >= 4 is 11.8 Å². The first-order valence-corrected chi connectivity index (χ1v) is 9.27. The molecule has 0 bridgehead atoms. The first-order valence-electron chi connectivity index (χ1n) is 9.27. The molecule has 0 saturated heterocycles. The lowest BCUT2D eigenvalue weighted by Crippen LogP contribution is -2.08. The summed E-state index contributed by atoms with van der Waals surface area (Å²) in [5.41, 5.74) is 14.0. The van der Waals surface area contributed by atoms with Crippen LogP contribution in [0.5, 0.6) is 0 Å². The highest BCUT2D eigenvalue weighted by atomic mass is 15.1. The van der Waals surface area contributed by atoms with Crippen LogP contribution in [0.4, 0.5) is 0 Å². The van der Waals surface area contributed by atoms with Crippen LogP contribution in [0.3, 0.4) is 0 Å². The zero-order valence-electron chi connectivity index (χ0n) is 17.0. The molecular weight excluding hydrogens is 330 g/mol. The number of nitrogens with zero attached hydrogens (tertiary/aromatic N) is 2. The summed E-state index contributed by atoms with van der Waals surface area (Å²) >= 11 is 0. The molecule has 0 fully saturated rings. The summed E-state index contributed by atoms with van der Waals surface area (Å²) in [4.78, 5) is 4.71. The maximum absolute atomic E-state index is 6.07. The van der Waals surface area contributed by atoms with E-state index in [-0.39, 0.29) is 0 Å². The zero-order valence-corrected chi connectivity index (χ0v) is 17.0. The van der Waals surface area contributed by atoms with Crippen molar-refractivity contribution in [3.63, 3.8) is 0 Å². The number of hydrogen-bond acceptors (Lipinski definition) is 2. The number of nitrogens with two attached hydrogens (primary N) is 1. The van der Waals surface area contributed by atoms with Crippen LogP contribution in [-0.4, -0.2) is 9.55 Å². The van der Waals surface area contributed by atoms with Gasteiger partial charge >= 0.3 is 0 Å². The van der Waals surface area contributed by atoms with Gasteiger partial charge in [-0.1, -0.05) is 62.9 Å². The summed E-state index contributed by atoms with van der Waals surface area (Å²) in [7, 11) is 0. The van der Waals surface area contributed by atoms with Crippen LogP contribution < -0.4 is 5.73 Å². The van der Waals surface area contributed by atoms with Gasteiger partial charge in [0.05, 0.1) is 22.8 Å². The maximum atomic E-state index is 6.07. The Bertz CT molecular complexity index is 977. The first-order chi connectivity index (χ1) is 12.9. The van der Waals surface area contributed by atoms with Crippen molar-refractivity contribution in [1.82, 2.24) is 9.55 Å². The molecule has 0 saturated carbocycles. The average Bonchev–Trinajstić information content (AvgIpc) is 3.05. The Morgan fingerprint density at radius 2 is 1.70 bits per heavy atom. The Morgan fingerprint density at radius 1 is 1.04 bits per heavy atom. The number of hydrogen-bond donors (Lipinski definition) is 1. The van der Waals surface area contributed by atoms with Gasteiger partial charge in [0.1, 0.15) is 0 Å². The third-order valence-electron chi connectivity index (χ3n) is 4.39. The fourth-order valence-electron chi connectivity index (χ4n) is 3.09. The third-order valence-corrected chi connectivity index (χ3v) is 4.39. The van der Waals surface area contributed by atoms with Crippen LogP contribution >= 0.6 is 0 Å². The number of aryl methyl sites for hydroxylation is 3. The molecule has 2 N–H and O–H groups in total. The molecule has 0 amide bonds. The lowest BCUT2D eigenvalue weighted by Gasteiger charge is -2.16. The standard InChI is InChI=1S/C22H23N3.C2H6/c1-6-19-21(18-13-14(2)11-12-15(18)3)25(22(24-19)17(5)23)20-10-8-7-9-16(20)4;1-2/h6-13H,1,5,23H2,2-4H3;1-2H3. The summed E-state index contributed by atoms with van der Waals surface area (Å²) in [6, 6.07) is 14.6. The molecule has 0 radical (unpaired) electrons. The fraction of sp³-hybridized carbons (Fsp3) is 0.208. The van der Waals surface area contributed by atoms with Crippen molar-refractivity contribution in [3.05, 3.63) is 83.8 Å². The lowest BCUT2D eigenvalue weighted by molar-refractivity contribution is 1.01. The number of benzene rings is 2. The normalized spacial score (nSPS) is 10.1. The van der Waals surface area contributed by atoms with E-state index in [1.54, 1.807) is 6.08 Å². The molecular formula is C24H29N3. The van der Waals surface area contributed by atoms with Gasteiger partial charge < -0.3 is 5.73 Å². The van der Waals surface area contributed by atoms with Crippen molar-refractivity contribution < 1.29 is 0 Å². The number of aromatic nitrogens is 2. The third kappa shape index (κ3) is 3.87. The number of imidazole rings is 1. The molecule has 1 heterocycles. The van der Waals surface area contributed by atoms with Gasteiger partial charge in [-0.2, -0.15) is 0 Å². The molecule has 1 aromatic heterocycles. The second-order valence-electron chi connectivity index (χ2n) is 6.34. The van der Waals surface area contributed by atoms with Crippen LogP contribution in [0.1, 0.15) is 42.1 Å². The van der Waals surface area contributed by atoms with E-state index in [1.807, 2.05) is 26.0 Å². The molecule has 3 rings (SSSR count). The van der Waals surface area contributed by atoms with Gasteiger partial charge in [0.2, 0.25) is 0 Å². The van der Waals surface area contributed by atoms with Crippen LogP contribution in [-0.2, 0) is 0 Å². The van der Waals surface area contributed by atoms with E-state index in [2.05, 4.69) is 68.8 Å². The second-order valence-corrected chi connectivity index (χ2v) is 6.34. The SMILES string of the molecule is C=Cc1nc(C(=C)N)n(-c2ccccc2C)c1-c1cc(C)ccc1C.CC. The van der Waals surface area contributed by atoms with Gasteiger partial charge in [-0.05, 0) is 50.1 Å². The molecule has 3 nitrogen and oxygen atoms in total. The zero-order chi connectivity index (χ0) is 20.1. The first kappa shape index (κ1) is 20.2. The Balaban J connectivity index is 0.00000126. The molecule has 0 spiro atoms. The molecule has 0 atom stereocenters. The second kappa shape index (κ2) is 8.54. The molecule has 2 aromatic carbocycles. The van der Waals surface area contributed by atoms with Gasteiger partial charge in [-0.3, -0.25) is 4.57 Å². The van der Waals surface area contributed by atoms with Crippen molar-refractivity contribution in [2.45, 2.75) is 34.6 Å². The van der Waals surface area contributed by atoms with E-state index in [0.717, 1.165) is 28.2 Å². The topological polar surface area (TPSA) is 43.8 Å². The van der Waals surface area contributed by atoms with E-state index < -0.39 is 0 Å². The summed E-state index contributed by atoms with van der Waals surface area (Å²) in [6.07, 6.45) is 1.78. The Morgan fingerprint density at radius 3 is 2.30 bits per heavy atom. The van der Waals surface area contributed by atoms with Gasteiger partial charge in [-0.15, -0.1) is 0 Å². The predicted octanol–water partition coefficient (Wildman–Crippen LogP) is 6.06. The minimum atomic E-state index is 0.433. The van der Waals surface area contributed by atoms with E-state index in [0.29, 0.717) is 11.5 Å². The van der Waals surface area contributed by atoms with Crippen LogP contribution in [0.2, 0.25) is 0 Å². The van der Waals surface area contributed by atoms with Gasteiger partial charge in [0.25, 0.3) is 0 Å². The van der Waals surface area contributed by atoms with E-state index in [1.165, 1.54) is 11.1 Å². The van der Waals surface area contributed by atoms with Crippen molar-refractivity contribution in [2.75, 3.05) is 0 Å². The monoisotopic (exact) mass is 359 g/mol. The highest BCUT2D eigenvalue weighted by molar-refractivity contribution is 5.78. The van der Waals surface area contributed by atoms with Crippen LogP contribution in [0.15, 0.2) is 55.6 Å². The van der Waals surface area contributed by atoms with Crippen molar-refractivity contribution in [1.29, 1.82) is 0 Å². The van der Waals surface area contributed by atoms with E-state index in [9.17, 15) is 0 Å². The summed E-state index contributed by atoms with van der Waals surface area (Å²) in [5.74, 6) is 0.653. The van der Waals surface area contributed by atoms with Gasteiger partial charge in [0, 0.05) is 5.56 Å². The molecule has 3 aromatic rings. The molecule has 0 aliphatic heterocycles. The maximum Gasteiger partial charge on any atom is 0.161 e. The predicted molar refractivity (Wildman–Crippen MR) is 118 cm³/mol. The minimum Gasteiger partial charge on any atom is -0.396 e. The lowest BCUT2D eigenvalue weighted by atomic mass is 10.0. The minimum absolute atomic E-state index is 0.433. The van der Waals surface area contributed by atoms with Crippen LogP contribution in [0.25, 0.3) is 28.7 Å². The Hall–Kier alpha value is -3.07. The molecule has 140 valence electrons. The Labute approximate surface area is 162 Å². The highest BCUT2D eigenvalue weighted by Crippen LogP contribution is 2.34. The van der Waals surface area contributed by atoms with Gasteiger partial charge in [-0.25, -0.2) is 4.98 Å². The number of para-hydroxylation sites is 1.